The first-order chi connectivity index (χ1) is 20.6. The topological polar surface area (TPSA) is 96.0 Å². The Bertz CT molecular complexity index is 1650. The molecule has 1 atom stereocenters. The second kappa shape index (κ2) is 14.0. The van der Waals surface area contributed by atoms with Crippen LogP contribution in [0.2, 0.25) is 0 Å². The molecule has 0 spiro atoms. The van der Waals surface area contributed by atoms with E-state index in [4.69, 9.17) is 4.74 Å². The van der Waals surface area contributed by atoms with Gasteiger partial charge >= 0.3 is 0 Å². The Hall–Kier alpha value is -4.70. The summed E-state index contributed by atoms with van der Waals surface area (Å²) in [6.07, 6.45) is 0.208. The predicted octanol–water partition coefficient (Wildman–Crippen LogP) is 4.72. The first-order valence-corrected chi connectivity index (χ1v) is 15.1. The number of likely N-dealkylation sites (N-methyl/N-ethyl adjacent to an activating group) is 1. The maximum atomic E-state index is 14.3. The van der Waals surface area contributed by atoms with E-state index in [0.717, 1.165) is 33.1 Å². The molecule has 0 aliphatic heterocycles. The van der Waals surface area contributed by atoms with Gasteiger partial charge in [0, 0.05) is 20.0 Å². The molecule has 43 heavy (non-hydrogen) atoms. The first-order valence-electron chi connectivity index (χ1n) is 13.6. The van der Waals surface area contributed by atoms with Crippen LogP contribution in [0.25, 0.3) is 0 Å². The molecule has 4 aromatic rings. The summed E-state index contributed by atoms with van der Waals surface area (Å²) in [5.74, 6) is -1.09. The fourth-order valence-corrected chi connectivity index (χ4v) is 6.15. The van der Waals surface area contributed by atoms with Gasteiger partial charge in [-0.05, 0) is 66.6 Å². The lowest BCUT2D eigenvalue weighted by molar-refractivity contribution is -0.139. The Morgan fingerprint density at radius 2 is 1.53 bits per heavy atom. The minimum atomic E-state index is -4.30. The van der Waals surface area contributed by atoms with Crippen molar-refractivity contribution in [1.82, 2.24) is 10.2 Å². The number of sulfonamides is 1. The van der Waals surface area contributed by atoms with Crippen LogP contribution in [0.15, 0.2) is 108 Å². The number of carbonyl (C=O) groups is 2. The highest BCUT2D eigenvalue weighted by molar-refractivity contribution is 7.92. The highest BCUT2D eigenvalue weighted by atomic mass is 32.2. The van der Waals surface area contributed by atoms with Crippen LogP contribution in [0.5, 0.6) is 5.75 Å². The van der Waals surface area contributed by atoms with Gasteiger partial charge in [0.25, 0.3) is 10.0 Å². The maximum absolute atomic E-state index is 14.3. The van der Waals surface area contributed by atoms with E-state index in [1.165, 1.54) is 55.5 Å². The highest BCUT2D eigenvalue weighted by Crippen LogP contribution is 2.26. The van der Waals surface area contributed by atoms with Gasteiger partial charge in [-0.2, -0.15) is 0 Å². The van der Waals surface area contributed by atoms with Crippen LogP contribution in [-0.2, 0) is 32.6 Å². The molecule has 4 aromatic carbocycles. The van der Waals surface area contributed by atoms with Crippen molar-refractivity contribution in [1.29, 1.82) is 0 Å². The van der Waals surface area contributed by atoms with Crippen LogP contribution < -0.4 is 14.4 Å². The second-order valence-corrected chi connectivity index (χ2v) is 11.9. The zero-order valence-corrected chi connectivity index (χ0v) is 25.1. The number of halogens is 1. The third-order valence-electron chi connectivity index (χ3n) is 6.99. The van der Waals surface area contributed by atoms with E-state index in [0.29, 0.717) is 5.75 Å². The zero-order valence-electron chi connectivity index (χ0n) is 24.2. The van der Waals surface area contributed by atoms with Crippen LogP contribution in [0.1, 0.15) is 16.7 Å². The molecule has 224 valence electrons. The standard InChI is InChI=1S/C33H34FN3O5S/c1-24-8-7-11-26(20-24)22-36(31(33(39)35-2)21-25-9-5-4-6-10-25)32(38)23-37(28-14-12-27(34)13-15-28)43(40,41)30-18-16-29(42-3)17-19-30/h4-20,31H,21-23H2,1-3H3,(H,35,39)/t31-/m1/s1. The average molecular weight is 604 g/mol. The molecule has 0 fully saturated rings. The smallest absolute Gasteiger partial charge is 0.264 e. The molecule has 4 rings (SSSR count). The lowest BCUT2D eigenvalue weighted by atomic mass is 10.0. The van der Waals surface area contributed by atoms with Crippen LogP contribution in [-0.4, -0.2) is 51.9 Å². The number of carbonyl (C=O) groups excluding carboxylic acids is 2. The van der Waals surface area contributed by atoms with Crippen LogP contribution in [0.4, 0.5) is 10.1 Å². The third-order valence-corrected chi connectivity index (χ3v) is 8.78. The Labute approximate surface area is 251 Å². The summed E-state index contributed by atoms with van der Waals surface area (Å²) in [6.45, 7) is 1.35. The lowest BCUT2D eigenvalue weighted by Gasteiger charge is -2.33. The fraction of sp³-hybridized carbons (Fsp3) is 0.212. The number of anilines is 1. The predicted molar refractivity (Wildman–Crippen MR) is 164 cm³/mol. The van der Waals surface area contributed by atoms with Gasteiger partial charge in [0.1, 0.15) is 24.2 Å². The Balaban J connectivity index is 1.78. The molecule has 1 N–H and O–H groups in total. The van der Waals surface area contributed by atoms with Crippen molar-refractivity contribution < 1.29 is 27.1 Å². The number of benzene rings is 4. The molecule has 0 heterocycles. The highest BCUT2D eigenvalue weighted by Gasteiger charge is 2.34. The summed E-state index contributed by atoms with van der Waals surface area (Å²) < 4.78 is 47.9. The quantitative estimate of drug-likeness (QED) is 0.253. The van der Waals surface area contributed by atoms with Crippen molar-refractivity contribution >= 4 is 27.5 Å². The molecule has 0 aliphatic rings. The van der Waals surface area contributed by atoms with Crippen molar-refractivity contribution in [2.24, 2.45) is 0 Å². The molecule has 0 unspecified atom stereocenters. The van der Waals surface area contributed by atoms with Crippen molar-refractivity contribution in [3.05, 3.63) is 126 Å². The van der Waals surface area contributed by atoms with Crippen molar-refractivity contribution in [2.75, 3.05) is 25.0 Å². The summed E-state index contributed by atoms with van der Waals surface area (Å²) in [5, 5.41) is 2.66. The normalized spacial score (nSPS) is 11.8. The maximum Gasteiger partial charge on any atom is 0.264 e. The molecule has 0 aliphatic carbocycles. The average Bonchev–Trinajstić information content (AvgIpc) is 3.02. The minimum Gasteiger partial charge on any atom is -0.497 e. The van der Waals surface area contributed by atoms with Crippen molar-refractivity contribution in [3.63, 3.8) is 0 Å². The van der Waals surface area contributed by atoms with Crippen LogP contribution >= 0.6 is 0 Å². The van der Waals surface area contributed by atoms with Gasteiger partial charge in [-0.25, -0.2) is 12.8 Å². The van der Waals surface area contributed by atoms with E-state index in [1.54, 1.807) is 0 Å². The van der Waals surface area contributed by atoms with E-state index in [2.05, 4.69) is 5.32 Å². The number of ether oxygens (including phenoxy) is 1. The van der Waals surface area contributed by atoms with E-state index in [1.807, 2.05) is 61.5 Å². The number of aryl methyl sites for hydroxylation is 1. The van der Waals surface area contributed by atoms with E-state index >= 15 is 0 Å². The van der Waals surface area contributed by atoms with E-state index in [9.17, 15) is 22.4 Å². The first kappa shape index (κ1) is 31.2. The van der Waals surface area contributed by atoms with Gasteiger partial charge in [-0.1, -0.05) is 60.2 Å². The van der Waals surface area contributed by atoms with E-state index < -0.39 is 40.2 Å². The number of nitrogens with one attached hydrogen (secondary N) is 1. The van der Waals surface area contributed by atoms with Gasteiger partial charge < -0.3 is 15.0 Å². The third kappa shape index (κ3) is 7.78. The number of rotatable bonds is 12. The number of amides is 2. The molecule has 2 amide bonds. The molecular formula is C33H34FN3O5S. The van der Waals surface area contributed by atoms with Gasteiger partial charge in [-0.15, -0.1) is 0 Å². The lowest BCUT2D eigenvalue weighted by Crippen LogP contribution is -2.53. The zero-order chi connectivity index (χ0) is 31.0. The monoisotopic (exact) mass is 603 g/mol. The fourth-order valence-electron chi connectivity index (χ4n) is 4.74. The summed E-state index contributed by atoms with van der Waals surface area (Å²) in [7, 11) is -1.34. The second-order valence-electron chi connectivity index (χ2n) is 9.99. The number of nitrogens with zero attached hydrogens (tertiary/aromatic N) is 2. The molecule has 0 bridgehead atoms. The van der Waals surface area contributed by atoms with E-state index in [-0.39, 0.29) is 23.5 Å². The molecule has 8 nitrogen and oxygen atoms in total. The largest absolute Gasteiger partial charge is 0.497 e. The summed E-state index contributed by atoms with van der Waals surface area (Å²) in [6, 6.07) is 26.5. The molecule has 0 saturated carbocycles. The van der Waals surface area contributed by atoms with Gasteiger partial charge in [0.15, 0.2) is 0 Å². The Morgan fingerprint density at radius 1 is 0.884 bits per heavy atom. The molecule has 0 saturated heterocycles. The molecule has 0 radical (unpaired) electrons. The molecular weight excluding hydrogens is 569 g/mol. The SMILES string of the molecule is CNC(=O)[C@@H](Cc1ccccc1)N(Cc1cccc(C)c1)C(=O)CN(c1ccc(F)cc1)S(=O)(=O)c1ccc(OC)cc1. The molecule has 10 heteroatoms. The van der Waals surface area contributed by atoms with Gasteiger partial charge in [0.05, 0.1) is 17.7 Å². The van der Waals surface area contributed by atoms with Crippen molar-refractivity contribution in [2.45, 2.75) is 30.8 Å². The van der Waals surface area contributed by atoms with Gasteiger partial charge in [0.2, 0.25) is 11.8 Å². The number of methoxy groups -OCH3 is 1. The number of hydrogen-bond donors (Lipinski definition) is 1. The summed E-state index contributed by atoms with van der Waals surface area (Å²) in [4.78, 5) is 28.9. The van der Waals surface area contributed by atoms with Crippen LogP contribution in [0, 0.1) is 12.7 Å². The summed E-state index contributed by atoms with van der Waals surface area (Å²) in [5.41, 5.74) is 2.68. The van der Waals surface area contributed by atoms with Gasteiger partial charge in [-0.3, -0.25) is 13.9 Å². The Morgan fingerprint density at radius 3 is 2.14 bits per heavy atom. The minimum absolute atomic E-state index is 0.0608. The van der Waals surface area contributed by atoms with Crippen LogP contribution in [0.3, 0.4) is 0 Å². The number of hydrogen-bond acceptors (Lipinski definition) is 5. The molecule has 0 aromatic heterocycles. The summed E-state index contributed by atoms with van der Waals surface area (Å²) >= 11 is 0. The van der Waals surface area contributed by atoms with Crippen molar-refractivity contribution in [3.8, 4) is 5.75 Å². The Kier molecular flexibility index (Phi) is 10.2.